The third kappa shape index (κ3) is 3.24. The van der Waals surface area contributed by atoms with Gasteiger partial charge in [0.15, 0.2) is 5.82 Å². The topological polar surface area (TPSA) is 80.9 Å². The Kier molecular flexibility index (Phi) is 4.30. The zero-order chi connectivity index (χ0) is 15.6. The number of nitrogens with zero attached hydrogens (tertiary/aromatic N) is 4. The van der Waals surface area contributed by atoms with Gasteiger partial charge in [-0.15, -0.1) is 5.10 Å². The Morgan fingerprint density at radius 2 is 2.14 bits per heavy atom. The fraction of sp³-hybridized carbons (Fsp3) is 0.429. The third-order valence-electron chi connectivity index (χ3n) is 3.38. The molecular weight excluding hydrogens is 275 g/mol. The Bertz CT molecular complexity index is 654. The van der Waals surface area contributed by atoms with Gasteiger partial charge in [0, 0.05) is 5.56 Å². The van der Waals surface area contributed by atoms with Crippen LogP contribution < -0.4 is 0 Å². The van der Waals surface area contributed by atoms with Crippen LogP contribution in [-0.2, 0) is 4.79 Å². The van der Waals surface area contributed by atoms with Crippen LogP contribution in [-0.4, -0.2) is 31.3 Å². The molecule has 0 fully saturated rings. The van der Waals surface area contributed by atoms with Gasteiger partial charge in [-0.1, -0.05) is 13.8 Å². The minimum atomic E-state index is -0.912. The molecule has 0 bridgehead atoms. The van der Waals surface area contributed by atoms with Crippen molar-refractivity contribution in [1.29, 1.82) is 0 Å². The van der Waals surface area contributed by atoms with Crippen LogP contribution in [0.5, 0.6) is 0 Å². The first kappa shape index (κ1) is 15.1. The molecule has 2 rings (SSSR count). The lowest BCUT2D eigenvalue weighted by Crippen LogP contribution is -2.21. The molecular formula is C14H17FN4O2. The summed E-state index contributed by atoms with van der Waals surface area (Å²) in [6.45, 7) is 5.48. The van der Waals surface area contributed by atoms with Crippen LogP contribution in [0, 0.1) is 18.7 Å². The van der Waals surface area contributed by atoms with Gasteiger partial charge in [0.1, 0.15) is 5.82 Å². The number of carbonyl (C=O) groups is 1. The van der Waals surface area contributed by atoms with Gasteiger partial charge < -0.3 is 5.11 Å². The fourth-order valence-corrected chi connectivity index (χ4v) is 2.17. The molecule has 1 heterocycles. The van der Waals surface area contributed by atoms with E-state index in [0.29, 0.717) is 17.0 Å². The van der Waals surface area contributed by atoms with Crippen LogP contribution in [0.15, 0.2) is 18.2 Å². The van der Waals surface area contributed by atoms with Gasteiger partial charge >= 0.3 is 5.97 Å². The van der Waals surface area contributed by atoms with Crippen molar-refractivity contribution in [1.82, 2.24) is 20.2 Å². The van der Waals surface area contributed by atoms with Gasteiger partial charge in [-0.2, -0.15) is 0 Å². The first-order valence-electron chi connectivity index (χ1n) is 6.66. The Hall–Kier alpha value is -2.31. The summed E-state index contributed by atoms with van der Waals surface area (Å²) < 4.78 is 14.9. The van der Waals surface area contributed by atoms with Crippen LogP contribution in [0.4, 0.5) is 4.39 Å². The summed E-state index contributed by atoms with van der Waals surface area (Å²) in [5.74, 6) is -0.725. The maximum absolute atomic E-state index is 13.4. The highest BCUT2D eigenvalue weighted by atomic mass is 19.1. The minimum Gasteiger partial charge on any atom is -0.481 e. The number of carboxylic acid groups (broad SMARTS) is 1. The molecule has 1 unspecified atom stereocenters. The maximum atomic E-state index is 13.4. The molecule has 1 aromatic carbocycles. The van der Waals surface area contributed by atoms with Gasteiger partial charge in [0.2, 0.25) is 0 Å². The predicted octanol–water partition coefficient (Wildman–Crippen LogP) is 2.46. The number of hydrogen-bond acceptors (Lipinski definition) is 4. The number of benzene rings is 1. The first-order chi connectivity index (χ1) is 9.90. The van der Waals surface area contributed by atoms with Crippen molar-refractivity contribution in [3.8, 4) is 11.4 Å². The number of rotatable bonds is 5. The van der Waals surface area contributed by atoms with E-state index in [0.717, 1.165) is 0 Å². The van der Waals surface area contributed by atoms with Gasteiger partial charge in [-0.05, 0) is 47.0 Å². The van der Waals surface area contributed by atoms with E-state index in [1.54, 1.807) is 19.1 Å². The monoisotopic (exact) mass is 292 g/mol. The van der Waals surface area contributed by atoms with E-state index in [9.17, 15) is 9.18 Å². The van der Waals surface area contributed by atoms with Crippen LogP contribution in [0.1, 0.15) is 31.9 Å². The lowest BCUT2D eigenvalue weighted by molar-refractivity contribution is -0.138. The summed E-state index contributed by atoms with van der Waals surface area (Å²) >= 11 is 0. The van der Waals surface area contributed by atoms with E-state index in [-0.39, 0.29) is 24.2 Å². The average Bonchev–Trinajstić information content (AvgIpc) is 2.87. The molecule has 2 aromatic rings. The molecule has 0 aliphatic heterocycles. The molecule has 112 valence electrons. The second-order valence-electron chi connectivity index (χ2n) is 5.32. The molecule has 0 amide bonds. The Balaban J connectivity index is 2.45. The second kappa shape index (κ2) is 5.99. The van der Waals surface area contributed by atoms with Gasteiger partial charge in [0.25, 0.3) is 0 Å². The first-order valence-corrected chi connectivity index (χ1v) is 6.66. The quantitative estimate of drug-likeness (QED) is 0.915. The molecule has 1 N–H and O–H groups in total. The summed E-state index contributed by atoms with van der Waals surface area (Å²) in [6, 6.07) is 4.22. The molecule has 0 saturated carbocycles. The fourth-order valence-electron chi connectivity index (χ4n) is 2.17. The minimum absolute atomic E-state index is 0.0462. The molecule has 1 aromatic heterocycles. The zero-order valence-corrected chi connectivity index (χ0v) is 12.1. The van der Waals surface area contributed by atoms with E-state index in [2.05, 4.69) is 15.5 Å². The van der Waals surface area contributed by atoms with E-state index >= 15 is 0 Å². The lowest BCUT2D eigenvalue weighted by atomic mass is 10.0. The largest absolute Gasteiger partial charge is 0.481 e. The number of carboxylic acids is 1. The Morgan fingerprint density at radius 3 is 2.71 bits per heavy atom. The number of halogens is 1. The zero-order valence-electron chi connectivity index (χ0n) is 12.1. The Morgan fingerprint density at radius 1 is 1.43 bits per heavy atom. The van der Waals surface area contributed by atoms with E-state index < -0.39 is 5.97 Å². The maximum Gasteiger partial charge on any atom is 0.305 e. The summed E-state index contributed by atoms with van der Waals surface area (Å²) in [6.07, 6.45) is -0.0735. The van der Waals surface area contributed by atoms with Gasteiger partial charge in [-0.25, -0.2) is 9.07 Å². The van der Waals surface area contributed by atoms with Crippen molar-refractivity contribution in [3.05, 3.63) is 29.6 Å². The SMILES string of the molecule is Cc1cc(-c2nnnn2C(CC(=O)O)C(C)C)ccc1F. The van der Waals surface area contributed by atoms with E-state index in [1.165, 1.54) is 10.7 Å². The smallest absolute Gasteiger partial charge is 0.305 e. The molecule has 1 atom stereocenters. The van der Waals surface area contributed by atoms with Crippen LogP contribution >= 0.6 is 0 Å². The number of hydrogen-bond donors (Lipinski definition) is 1. The van der Waals surface area contributed by atoms with Gasteiger partial charge in [0.05, 0.1) is 12.5 Å². The van der Waals surface area contributed by atoms with E-state index in [4.69, 9.17) is 5.11 Å². The highest BCUT2D eigenvalue weighted by molar-refractivity contribution is 5.67. The molecule has 0 spiro atoms. The van der Waals surface area contributed by atoms with Crippen molar-refractivity contribution in [3.63, 3.8) is 0 Å². The van der Waals surface area contributed by atoms with Crippen LogP contribution in [0.3, 0.4) is 0 Å². The van der Waals surface area contributed by atoms with E-state index in [1.807, 2.05) is 13.8 Å². The van der Waals surface area contributed by atoms with Crippen molar-refractivity contribution < 1.29 is 14.3 Å². The Labute approximate surface area is 121 Å². The molecule has 21 heavy (non-hydrogen) atoms. The third-order valence-corrected chi connectivity index (χ3v) is 3.38. The molecule has 0 aliphatic carbocycles. The predicted molar refractivity (Wildman–Crippen MR) is 74.1 cm³/mol. The molecule has 6 nitrogen and oxygen atoms in total. The average molecular weight is 292 g/mol. The molecule has 0 radical (unpaired) electrons. The second-order valence-corrected chi connectivity index (χ2v) is 5.32. The lowest BCUT2D eigenvalue weighted by Gasteiger charge is -2.20. The van der Waals surface area contributed by atoms with Crippen molar-refractivity contribution in [2.24, 2.45) is 5.92 Å². The summed E-state index contributed by atoms with van der Waals surface area (Å²) in [5.41, 5.74) is 1.15. The van der Waals surface area contributed by atoms with Crippen molar-refractivity contribution >= 4 is 5.97 Å². The normalized spacial score (nSPS) is 12.6. The molecule has 0 aliphatic rings. The van der Waals surface area contributed by atoms with Crippen molar-refractivity contribution in [2.45, 2.75) is 33.2 Å². The van der Waals surface area contributed by atoms with Crippen LogP contribution in [0.25, 0.3) is 11.4 Å². The van der Waals surface area contributed by atoms with Gasteiger partial charge in [-0.3, -0.25) is 4.79 Å². The van der Waals surface area contributed by atoms with Crippen molar-refractivity contribution in [2.75, 3.05) is 0 Å². The summed E-state index contributed by atoms with van der Waals surface area (Å²) in [4.78, 5) is 11.0. The highest BCUT2D eigenvalue weighted by Crippen LogP contribution is 2.27. The van der Waals surface area contributed by atoms with Crippen LogP contribution in [0.2, 0.25) is 0 Å². The number of aryl methyl sites for hydroxylation is 1. The highest BCUT2D eigenvalue weighted by Gasteiger charge is 2.24. The molecule has 7 heteroatoms. The summed E-state index contributed by atoms with van der Waals surface area (Å²) in [7, 11) is 0. The number of tetrazole rings is 1. The number of aliphatic carboxylic acids is 1. The molecule has 0 saturated heterocycles. The standard InChI is InChI=1S/C14H17FN4O2/c1-8(2)12(7-13(20)21)19-14(16-17-18-19)10-4-5-11(15)9(3)6-10/h4-6,8,12H,7H2,1-3H3,(H,20,21). The number of aromatic nitrogens is 4. The summed E-state index contributed by atoms with van der Waals surface area (Å²) in [5, 5.41) is 20.6.